The van der Waals surface area contributed by atoms with Gasteiger partial charge in [-0.25, -0.2) is 0 Å². The van der Waals surface area contributed by atoms with E-state index in [1.807, 2.05) is 30.3 Å². The smallest absolute Gasteiger partial charge is 0.303 e. The Hall–Kier alpha value is -1.92. The van der Waals surface area contributed by atoms with Crippen LogP contribution >= 0.6 is 0 Å². The maximum Gasteiger partial charge on any atom is 0.303 e. The second-order valence-corrected chi connectivity index (χ2v) is 7.84. The summed E-state index contributed by atoms with van der Waals surface area (Å²) in [5.74, 6) is -0.690. The number of para-hydroxylation sites is 1. The molecule has 0 radical (unpaired) electrons. The largest absolute Gasteiger partial charge is 0.481 e. The molecule has 0 spiro atoms. The summed E-state index contributed by atoms with van der Waals surface area (Å²) in [4.78, 5) is 22.7. The van der Waals surface area contributed by atoms with Crippen molar-refractivity contribution in [1.29, 1.82) is 0 Å². The summed E-state index contributed by atoms with van der Waals surface area (Å²) in [6.07, 6.45) is 4.69. The van der Waals surface area contributed by atoms with Gasteiger partial charge in [0.15, 0.2) is 5.78 Å². The number of anilines is 1. The van der Waals surface area contributed by atoms with Crippen LogP contribution < -0.4 is 5.32 Å². The Morgan fingerprint density at radius 1 is 0.893 bits per heavy atom. The van der Waals surface area contributed by atoms with E-state index in [0.717, 1.165) is 31.4 Å². The number of unbranched alkanes of at least 4 members (excludes halogenated alkanes) is 3. The van der Waals surface area contributed by atoms with Gasteiger partial charge in [0.25, 0.3) is 0 Å². The second kappa shape index (κ2) is 11.8. The molecule has 0 heterocycles. The highest BCUT2D eigenvalue weighted by molar-refractivity contribution is 5.82. The summed E-state index contributed by atoms with van der Waals surface area (Å²) in [5, 5.41) is 32.4. The molecule has 4 atom stereocenters. The van der Waals surface area contributed by atoms with Gasteiger partial charge in [-0.15, -0.1) is 0 Å². The summed E-state index contributed by atoms with van der Waals surface area (Å²) >= 11 is 0. The lowest BCUT2D eigenvalue weighted by Gasteiger charge is -2.23. The third kappa shape index (κ3) is 7.60. The van der Waals surface area contributed by atoms with E-state index in [9.17, 15) is 19.8 Å². The van der Waals surface area contributed by atoms with E-state index >= 15 is 0 Å². The fourth-order valence-electron chi connectivity index (χ4n) is 4.16. The van der Waals surface area contributed by atoms with E-state index in [-0.39, 0.29) is 30.6 Å². The first kappa shape index (κ1) is 22.4. The Kier molecular flexibility index (Phi) is 9.44. The van der Waals surface area contributed by atoms with Crippen LogP contribution in [0.25, 0.3) is 0 Å². The molecular formula is C22H33NO5. The minimum atomic E-state index is -0.763. The molecule has 6 heteroatoms. The van der Waals surface area contributed by atoms with Gasteiger partial charge >= 0.3 is 5.97 Å². The normalized spacial score (nSPS) is 24.2. The number of aliphatic hydroxyl groups excluding tert-OH is 2. The number of ketones is 1. The zero-order chi connectivity index (χ0) is 20.4. The third-order valence-electron chi connectivity index (χ3n) is 5.72. The summed E-state index contributed by atoms with van der Waals surface area (Å²) in [6.45, 7) is 0.267. The van der Waals surface area contributed by atoms with E-state index in [2.05, 4.69) is 5.32 Å². The lowest BCUT2D eigenvalue weighted by molar-refractivity contribution is -0.137. The van der Waals surface area contributed by atoms with Crippen molar-refractivity contribution >= 4 is 17.4 Å². The number of rotatable bonds is 13. The van der Waals surface area contributed by atoms with Gasteiger partial charge in [0, 0.05) is 18.5 Å². The first-order chi connectivity index (χ1) is 13.5. The number of Topliss-reactive ketones (excluding diaryl/α,β-unsaturated/α-hetero) is 1. The molecule has 1 fully saturated rings. The maximum absolute atomic E-state index is 12.2. The molecule has 0 unspecified atom stereocenters. The van der Waals surface area contributed by atoms with Gasteiger partial charge in [-0.3, -0.25) is 9.59 Å². The molecule has 0 aliphatic heterocycles. The molecule has 1 aromatic rings. The predicted molar refractivity (Wildman–Crippen MR) is 108 cm³/mol. The lowest BCUT2D eigenvalue weighted by atomic mass is 9.85. The highest BCUT2D eigenvalue weighted by Crippen LogP contribution is 2.39. The van der Waals surface area contributed by atoms with Gasteiger partial charge < -0.3 is 20.6 Å². The van der Waals surface area contributed by atoms with Crippen molar-refractivity contribution in [2.75, 3.05) is 11.9 Å². The van der Waals surface area contributed by atoms with Gasteiger partial charge in [-0.1, -0.05) is 37.5 Å². The quantitative estimate of drug-likeness (QED) is 0.385. The standard InChI is InChI=1S/C22H33NO5/c24-17(15-23-16-8-4-3-5-9-16)12-13-19-18(20(25)14-21(19)26)10-6-1-2-7-11-22(27)28/h3-5,8-9,18-21,23,25-26H,1-2,6-7,10-15H2,(H,27,28)/t18-,19-,20+,21-/m1/s1. The average Bonchev–Trinajstić information content (AvgIpc) is 2.94. The minimum Gasteiger partial charge on any atom is -0.481 e. The predicted octanol–water partition coefficient (Wildman–Crippen LogP) is 3.23. The van der Waals surface area contributed by atoms with Crippen LogP contribution in [-0.2, 0) is 9.59 Å². The van der Waals surface area contributed by atoms with Gasteiger partial charge in [-0.05, 0) is 49.7 Å². The maximum atomic E-state index is 12.2. The van der Waals surface area contributed by atoms with Crippen molar-refractivity contribution in [2.24, 2.45) is 11.8 Å². The topological polar surface area (TPSA) is 107 Å². The molecule has 1 aliphatic carbocycles. The number of carboxylic acid groups (broad SMARTS) is 1. The Labute approximate surface area is 167 Å². The molecule has 0 aromatic heterocycles. The fraction of sp³-hybridized carbons (Fsp3) is 0.636. The van der Waals surface area contributed by atoms with Crippen LogP contribution in [0, 0.1) is 11.8 Å². The number of carbonyl (C=O) groups excluding carboxylic acids is 1. The molecule has 1 aromatic carbocycles. The van der Waals surface area contributed by atoms with Gasteiger partial charge in [-0.2, -0.15) is 0 Å². The van der Waals surface area contributed by atoms with Crippen molar-refractivity contribution in [1.82, 2.24) is 0 Å². The van der Waals surface area contributed by atoms with E-state index in [1.54, 1.807) is 0 Å². The molecule has 0 bridgehead atoms. The molecule has 0 amide bonds. The summed E-state index contributed by atoms with van der Waals surface area (Å²) < 4.78 is 0. The van der Waals surface area contributed by atoms with Gasteiger partial charge in [0.05, 0.1) is 18.8 Å². The van der Waals surface area contributed by atoms with Crippen LogP contribution in [0.1, 0.15) is 57.8 Å². The third-order valence-corrected chi connectivity index (χ3v) is 5.72. The van der Waals surface area contributed by atoms with Crippen LogP contribution in [0.5, 0.6) is 0 Å². The zero-order valence-electron chi connectivity index (χ0n) is 16.4. The molecule has 156 valence electrons. The average molecular weight is 392 g/mol. The van der Waals surface area contributed by atoms with Crippen molar-refractivity contribution in [3.63, 3.8) is 0 Å². The number of hydrogen-bond donors (Lipinski definition) is 4. The Morgan fingerprint density at radius 2 is 1.54 bits per heavy atom. The number of hydrogen-bond acceptors (Lipinski definition) is 5. The number of benzene rings is 1. The number of nitrogens with one attached hydrogen (secondary N) is 1. The molecular weight excluding hydrogens is 358 g/mol. The number of aliphatic carboxylic acids is 1. The van der Waals surface area contributed by atoms with Crippen LogP contribution in [0.4, 0.5) is 5.69 Å². The Morgan fingerprint density at radius 3 is 2.21 bits per heavy atom. The van der Waals surface area contributed by atoms with Crippen LogP contribution in [0.2, 0.25) is 0 Å². The van der Waals surface area contributed by atoms with E-state index in [0.29, 0.717) is 25.7 Å². The molecule has 6 nitrogen and oxygen atoms in total. The Bertz CT molecular complexity index is 606. The van der Waals surface area contributed by atoms with Crippen molar-refractivity contribution < 1.29 is 24.9 Å². The number of carbonyl (C=O) groups is 2. The van der Waals surface area contributed by atoms with Gasteiger partial charge in [0.2, 0.25) is 0 Å². The zero-order valence-corrected chi connectivity index (χ0v) is 16.4. The van der Waals surface area contributed by atoms with Crippen LogP contribution in [-0.4, -0.2) is 45.8 Å². The van der Waals surface area contributed by atoms with Crippen LogP contribution in [0.3, 0.4) is 0 Å². The highest BCUT2D eigenvalue weighted by Gasteiger charge is 2.40. The fourth-order valence-corrected chi connectivity index (χ4v) is 4.16. The molecule has 2 rings (SSSR count). The van der Waals surface area contributed by atoms with Crippen LogP contribution in [0.15, 0.2) is 30.3 Å². The molecule has 4 N–H and O–H groups in total. The van der Waals surface area contributed by atoms with E-state index in [1.165, 1.54) is 0 Å². The number of carboxylic acids is 1. The van der Waals surface area contributed by atoms with Crippen molar-refractivity contribution in [3.05, 3.63) is 30.3 Å². The van der Waals surface area contributed by atoms with E-state index in [4.69, 9.17) is 5.11 Å². The van der Waals surface area contributed by atoms with Gasteiger partial charge in [0.1, 0.15) is 0 Å². The molecule has 1 aliphatic rings. The molecule has 28 heavy (non-hydrogen) atoms. The second-order valence-electron chi connectivity index (χ2n) is 7.84. The van der Waals surface area contributed by atoms with E-state index < -0.39 is 18.2 Å². The first-order valence-electron chi connectivity index (χ1n) is 10.4. The SMILES string of the molecule is O=C(O)CCCCCC[C@@H]1[C@@H](CCC(=O)CNc2ccccc2)[C@H](O)C[C@@H]1O. The highest BCUT2D eigenvalue weighted by atomic mass is 16.4. The summed E-state index contributed by atoms with van der Waals surface area (Å²) in [6, 6.07) is 9.57. The summed E-state index contributed by atoms with van der Waals surface area (Å²) in [7, 11) is 0. The Balaban J connectivity index is 1.70. The van der Waals surface area contributed by atoms with Crippen molar-refractivity contribution in [3.8, 4) is 0 Å². The minimum absolute atomic E-state index is 0.0179. The lowest BCUT2D eigenvalue weighted by Crippen LogP contribution is -2.24. The molecule has 0 saturated heterocycles. The first-order valence-corrected chi connectivity index (χ1v) is 10.4. The molecule has 1 saturated carbocycles. The number of aliphatic hydroxyl groups is 2. The summed E-state index contributed by atoms with van der Waals surface area (Å²) in [5.41, 5.74) is 0.910. The van der Waals surface area contributed by atoms with Crippen molar-refractivity contribution in [2.45, 2.75) is 70.0 Å². The monoisotopic (exact) mass is 391 g/mol.